The maximum atomic E-state index is 12.4. The Morgan fingerprint density at radius 2 is 2.04 bits per heavy atom. The third-order valence-corrected chi connectivity index (χ3v) is 3.96. The standard InChI is InChI=1S/C18H21BrN2O2/c1-3-21(17-11-10-15(19)13-20-17)18(22)9-6-12-23-16-8-5-4-7-14(16)2/h4-5,7-8,10-11,13H,3,6,9,12H2,1-2H3. The number of nitrogens with zero attached hydrogens (tertiary/aromatic N) is 2. The number of carbonyl (C=O) groups is 1. The molecule has 0 saturated carbocycles. The van der Waals surface area contributed by atoms with Crippen molar-refractivity contribution in [1.82, 2.24) is 4.98 Å². The zero-order chi connectivity index (χ0) is 16.7. The molecule has 0 aliphatic carbocycles. The van der Waals surface area contributed by atoms with Gasteiger partial charge in [0.1, 0.15) is 11.6 Å². The van der Waals surface area contributed by atoms with E-state index in [1.807, 2.05) is 50.2 Å². The summed E-state index contributed by atoms with van der Waals surface area (Å²) in [7, 11) is 0. The lowest BCUT2D eigenvalue weighted by Gasteiger charge is -2.20. The lowest BCUT2D eigenvalue weighted by Crippen LogP contribution is -2.31. The van der Waals surface area contributed by atoms with Gasteiger partial charge in [-0.05, 0) is 60.0 Å². The first kappa shape index (κ1) is 17.5. The molecule has 0 unspecified atom stereocenters. The van der Waals surface area contributed by atoms with Crippen molar-refractivity contribution >= 4 is 27.7 Å². The fourth-order valence-electron chi connectivity index (χ4n) is 2.25. The number of pyridine rings is 1. The minimum absolute atomic E-state index is 0.0655. The van der Waals surface area contributed by atoms with E-state index in [1.165, 1.54) is 0 Å². The number of halogens is 1. The number of ether oxygens (including phenoxy) is 1. The van der Waals surface area contributed by atoms with Crippen LogP contribution in [0.3, 0.4) is 0 Å². The molecule has 0 saturated heterocycles. The van der Waals surface area contributed by atoms with Crippen LogP contribution in [0, 0.1) is 6.92 Å². The molecule has 4 nitrogen and oxygen atoms in total. The number of para-hydroxylation sites is 1. The molecule has 1 heterocycles. The highest BCUT2D eigenvalue weighted by atomic mass is 79.9. The van der Waals surface area contributed by atoms with Gasteiger partial charge in [0.25, 0.3) is 0 Å². The molecule has 1 aromatic heterocycles. The molecular formula is C18H21BrN2O2. The molecule has 2 rings (SSSR count). The minimum Gasteiger partial charge on any atom is -0.493 e. The van der Waals surface area contributed by atoms with E-state index in [1.54, 1.807) is 11.1 Å². The van der Waals surface area contributed by atoms with E-state index in [4.69, 9.17) is 4.74 Å². The number of aromatic nitrogens is 1. The van der Waals surface area contributed by atoms with E-state index in [0.717, 1.165) is 15.8 Å². The monoisotopic (exact) mass is 376 g/mol. The smallest absolute Gasteiger partial charge is 0.228 e. The summed E-state index contributed by atoms with van der Waals surface area (Å²) >= 11 is 3.35. The van der Waals surface area contributed by atoms with E-state index >= 15 is 0 Å². The van der Waals surface area contributed by atoms with Crippen molar-refractivity contribution in [3.63, 3.8) is 0 Å². The van der Waals surface area contributed by atoms with Gasteiger partial charge in [0, 0.05) is 23.6 Å². The summed E-state index contributed by atoms with van der Waals surface area (Å²) in [6.07, 6.45) is 2.82. The molecule has 23 heavy (non-hydrogen) atoms. The Hall–Kier alpha value is -1.88. The number of carbonyl (C=O) groups excluding carboxylic acids is 1. The molecule has 0 spiro atoms. The Morgan fingerprint density at radius 3 is 2.70 bits per heavy atom. The summed E-state index contributed by atoms with van der Waals surface area (Å²) in [5.41, 5.74) is 1.10. The van der Waals surface area contributed by atoms with Crippen LogP contribution in [0.1, 0.15) is 25.3 Å². The average molecular weight is 377 g/mol. The van der Waals surface area contributed by atoms with Crippen LogP contribution in [0.15, 0.2) is 47.1 Å². The fraction of sp³-hybridized carbons (Fsp3) is 0.333. The van der Waals surface area contributed by atoms with Crippen molar-refractivity contribution in [3.05, 3.63) is 52.6 Å². The predicted octanol–water partition coefficient (Wildman–Crippen LogP) is 4.36. The van der Waals surface area contributed by atoms with Crippen molar-refractivity contribution in [3.8, 4) is 5.75 Å². The van der Waals surface area contributed by atoms with Crippen LogP contribution in [0.2, 0.25) is 0 Å². The van der Waals surface area contributed by atoms with Gasteiger partial charge in [0.2, 0.25) is 5.91 Å². The van der Waals surface area contributed by atoms with Gasteiger partial charge in [0.15, 0.2) is 0 Å². The summed E-state index contributed by atoms with van der Waals surface area (Å²) in [6.45, 7) is 5.10. The second-order valence-electron chi connectivity index (χ2n) is 5.19. The van der Waals surface area contributed by atoms with Gasteiger partial charge in [-0.1, -0.05) is 18.2 Å². The van der Waals surface area contributed by atoms with E-state index in [2.05, 4.69) is 20.9 Å². The lowest BCUT2D eigenvalue weighted by molar-refractivity contribution is -0.118. The second kappa shape index (κ2) is 8.67. The molecule has 122 valence electrons. The first-order valence-corrected chi connectivity index (χ1v) is 8.51. The average Bonchev–Trinajstić information content (AvgIpc) is 2.55. The molecule has 0 atom stereocenters. The Balaban J connectivity index is 1.83. The van der Waals surface area contributed by atoms with Crippen molar-refractivity contribution < 1.29 is 9.53 Å². The third kappa shape index (κ3) is 5.06. The Kier molecular flexibility index (Phi) is 6.59. The van der Waals surface area contributed by atoms with Crippen LogP contribution in [-0.2, 0) is 4.79 Å². The molecule has 1 aromatic carbocycles. The van der Waals surface area contributed by atoms with Crippen molar-refractivity contribution in [2.24, 2.45) is 0 Å². The molecule has 0 radical (unpaired) electrons. The van der Waals surface area contributed by atoms with E-state index < -0.39 is 0 Å². The van der Waals surface area contributed by atoms with Crippen molar-refractivity contribution in [2.45, 2.75) is 26.7 Å². The molecular weight excluding hydrogens is 356 g/mol. The zero-order valence-corrected chi connectivity index (χ0v) is 15.0. The number of amides is 1. The third-order valence-electron chi connectivity index (χ3n) is 3.49. The van der Waals surface area contributed by atoms with Crippen LogP contribution in [0.25, 0.3) is 0 Å². The van der Waals surface area contributed by atoms with Gasteiger partial charge in [-0.25, -0.2) is 4.98 Å². The molecule has 1 amide bonds. The maximum Gasteiger partial charge on any atom is 0.228 e. The number of anilines is 1. The lowest BCUT2D eigenvalue weighted by atomic mass is 10.2. The highest BCUT2D eigenvalue weighted by molar-refractivity contribution is 9.10. The number of aryl methyl sites for hydroxylation is 1. The summed E-state index contributed by atoms with van der Waals surface area (Å²) < 4.78 is 6.63. The molecule has 2 aromatic rings. The largest absolute Gasteiger partial charge is 0.493 e. The summed E-state index contributed by atoms with van der Waals surface area (Å²) in [5, 5.41) is 0. The number of benzene rings is 1. The van der Waals surface area contributed by atoms with E-state index in [-0.39, 0.29) is 5.91 Å². The predicted molar refractivity (Wildman–Crippen MR) is 95.9 cm³/mol. The number of hydrogen-bond donors (Lipinski definition) is 0. The van der Waals surface area contributed by atoms with Crippen LogP contribution in [0.5, 0.6) is 5.75 Å². The van der Waals surface area contributed by atoms with Gasteiger partial charge in [-0.2, -0.15) is 0 Å². The van der Waals surface area contributed by atoms with Gasteiger partial charge in [0.05, 0.1) is 6.61 Å². The molecule has 0 bridgehead atoms. The highest BCUT2D eigenvalue weighted by Gasteiger charge is 2.14. The Morgan fingerprint density at radius 1 is 1.26 bits per heavy atom. The first-order valence-electron chi connectivity index (χ1n) is 7.72. The van der Waals surface area contributed by atoms with Crippen LogP contribution in [-0.4, -0.2) is 24.0 Å². The highest BCUT2D eigenvalue weighted by Crippen LogP contribution is 2.18. The summed E-state index contributed by atoms with van der Waals surface area (Å²) in [5.74, 6) is 1.62. The quantitative estimate of drug-likeness (QED) is 0.673. The molecule has 0 aliphatic heterocycles. The topological polar surface area (TPSA) is 42.4 Å². The molecule has 5 heteroatoms. The SMILES string of the molecule is CCN(C(=O)CCCOc1ccccc1C)c1ccc(Br)cn1. The number of hydrogen-bond acceptors (Lipinski definition) is 3. The Labute approximate surface area is 145 Å². The van der Waals surface area contributed by atoms with Gasteiger partial charge < -0.3 is 4.74 Å². The van der Waals surface area contributed by atoms with E-state index in [0.29, 0.717) is 31.8 Å². The minimum atomic E-state index is 0.0655. The summed E-state index contributed by atoms with van der Waals surface area (Å²) in [6, 6.07) is 11.6. The molecule has 0 N–H and O–H groups in total. The summed E-state index contributed by atoms with van der Waals surface area (Å²) in [4.78, 5) is 18.3. The first-order chi connectivity index (χ1) is 11.1. The maximum absolute atomic E-state index is 12.4. The van der Waals surface area contributed by atoms with Crippen molar-refractivity contribution in [1.29, 1.82) is 0 Å². The van der Waals surface area contributed by atoms with Crippen LogP contribution >= 0.6 is 15.9 Å². The zero-order valence-electron chi connectivity index (χ0n) is 13.5. The van der Waals surface area contributed by atoms with E-state index in [9.17, 15) is 4.79 Å². The molecule has 0 fully saturated rings. The second-order valence-corrected chi connectivity index (χ2v) is 6.11. The van der Waals surface area contributed by atoms with Gasteiger partial charge in [-0.15, -0.1) is 0 Å². The normalized spacial score (nSPS) is 10.4. The van der Waals surface area contributed by atoms with Crippen LogP contribution < -0.4 is 9.64 Å². The van der Waals surface area contributed by atoms with Crippen LogP contribution in [0.4, 0.5) is 5.82 Å². The Bertz CT molecular complexity index is 644. The van der Waals surface area contributed by atoms with Crippen molar-refractivity contribution in [2.75, 3.05) is 18.1 Å². The van der Waals surface area contributed by atoms with Gasteiger partial charge in [-0.3, -0.25) is 9.69 Å². The number of rotatable bonds is 7. The van der Waals surface area contributed by atoms with Gasteiger partial charge >= 0.3 is 0 Å². The fourth-order valence-corrected chi connectivity index (χ4v) is 2.49. The molecule has 0 aliphatic rings.